The highest BCUT2D eigenvalue weighted by Gasteiger charge is 2.38. The van der Waals surface area contributed by atoms with E-state index in [9.17, 15) is 10.1 Å². The van der Waals surface area contributed by atoms with E-state index in [-0.39, 0.29) is 17.4 Å². The fraction of sp³-hybridized carbons (Fsp3) is 0.565. The zero-order chi connectivity index (χ0) is 20.6. The van der Waals surface area contributed by atoms with Crippen molar-refractivity contribution in [3.63, 3.8) is 0 Å². The molecule has 0 spiro atoms. The molecule has 2 atom stereocenters. The highest BCUT2D eigenvalue weighted by molar-refractivity contribution is 5.92. The predicted octanol–water partition coefficient (Wildman–Crippen LogP) is 3.66. The average Bonchev–Trinajstić information content (AvgIpc) is 3.50. The summed E-state index contributed by atoms with van der Waals surface area (Å²) in [6.45, 7) is 8.00. The van der Waals surface area contributed by atoms with Crippen molar-refractivity contribution >= 4 is 22.6 Å². The van der Waals surface area contributed by atoms with Gasteiger partial charge in [0.15, 0.2) is 0 Å². The Morgan fingerprint density at radius 3 is 2.55 bits per heavy atom. The summed E-state index contributed by atoms with van der Waals surface area (Å²) in [5.41, 5.74) is 2.94. The maximum atomic E-state index is 12.6. The number of fused-ring (bicyclic) bond motifs is 1. The van der Waals surface area contributed by atoms with Gasteiger partial charge in [0.2, 0.25) is 5.91 Å². The smallest absolute Gasteiger partial charge is 0.220 e. The molecule has 0 unspecified atom stereocenters. The predicted molar refractivity (Wildman–Crippen MR) is 113 cm³/mol. The van der Waals surface area contributed by atoms with Gasteiger partial charge in [-0.05, 0) is 48.6 Å². The van der Waals surface area contributed by atoms with Crippen LogP contribution in [0.25, 0.3) is 11.0 Å². The highest BCUT2D eigenvalue weighted by atomic mass is 16.1. The minimum Gasteiger partial charge on any atom is -0.367 e. The Hall–Kier alpha value is -2.68. The number of carbonyl (C=O) groups is 1. The SMILES string of the molecule is CC(C)(C)CC(=O)N[C@H]1C[C@@H](C2CC2)CN(c2ccc(C#N)c3nccnc23)C1. The van der Waals surface area contributed by atoms with Crippen LogP contribution in [0.3, 0.4) is 0 Å². The molecule has 2 aliphatic rings. The Morgan fingerprint density at radius 1 is 1.17 bits per heavy atom. The van der Waals surface area contributed by atoms with Crippen LogP contribution in [0.5, 0.6) is 0 Å². The number of aromatic nitrogens is 2. The number of piperidine rings is 1. The van der Waals surface area contributed by atoms with Crippen LogP contribution >= 0.6 is 0 Å². The number of benzene rings is 1. The molecular weight excluding hydrogens is 362 g/mol. The molecule has 0 bridgehead atoms. The van der Waals surface area contributed by atoms with Gasteiger partial charge in [0.1, 0.15) is 17.1 Å². The summed E-state index contributed by atoms with van der Waals surface area (Å²) in [6, 6.07) is 6.17. The summed E-state index contributed by atoms with van der Waals surface area (Å²) < 4.78 is 0. The Bertz CT molecular complexity index is 954. The number of nitrogens with zero attached hydrogens (tertiary/aromatic N) is 4. The fourth-order valence-electron chi connectivity index (χ4n) is 4.50. The lowest BCUT2D eigenvalue weighted by atomic mass is 9.88. The average molecular weight is 392 g/mol. The first-order valence-corrected chi connectivity index (χ1v) is 10.5. The normalized spacial score (nSPS) is 22.3. The van der Waals surface area contributed by atoms with Crippen LogP contribution < -0.4 is 10.2 Å². The van der Waals surface area contributed by atoms with Crippen LogP contribution in [0.2, 0.25) is 0 Å². The third-order valence-electron chi connectivity index (χ3n) is 5.89. The zero-order valence-electron chi connectivity index (χ0n) is 17.5. The molecule has 1 aliphatic carbocycles. The highest BCUT2D eigenvalue weighted by Crippen LogP contribution is 2.42. The molecule has 1 aromatic heterocycles. The molecule has 1 amide bonds. The minimum absolute atomic E-state index is 0.0206. The fourth-order valence-corrected chi connectivity index (χ4v) is 4.50. The van der Waals surface area contributed by atoms with E-state index < -0.39 is 0 Å². The topological polar surface area (TPSA) is 81.9 Å². The maximum Gasteiger partial charge on any atom is 0.220 e. The zero-order valence-corrected chi connectivity index (χ0v) is 17.5. The largest absolute Gasteiger partial charge is 0.367 e. The van der Waals surface area contributed by atoms with E-state index >= 15 is 0 Å². The Morgan fingerprint density at radius 2 is 1.90 bits per heavy atom. The maximum absolute atomic E-state index is 12.6. The van der Waals surface area contributed by atoms with Gasteiger partial charge in [0.25, 0.3) is 0 Å². The van der Waals surface area contributed by atoms with Gasteiger partial charge < -0.3 is 10.2 Å². The van der Waals surface area contributed by atoms with E-state index in [1.54, 1.807) is 12.4 Å². The molecule has 29 heavy (non-hydrogen) atoms. The van der Waals surface area contributed by atoms with Crippen molar-refractivity contribution < 1.29 is 4.79 Å². The number of hydrogen-bond acceptors (Lipinski definition) is 5. The lowest BCUT2D eigenvalue weighted by Gasteiger charge is -2.40. The van der Waals surface area contributed by atoms with Crippen molar-refractivity contribution in [2.24, 2.45) is 17.3 Å². The van der Waals surface area contributed by atoms with Crippen molar-refractivity contribution in [3.8, 4) is 6.07 Å². The first kappa shape index (κ1) is 19.6. The van der Waals surface area contributed by atoms with Crippen molar-refractivity contribution in [1.82, 2.24) is 15.3 Å². The molecule has 1 aromatic carbocycles. The van der Waals surface area contributed by atoms with E-state index in [0.717, 1.165) is 36.6 Å². The second-order valence-electron chi connectivity index (χ2n) is 9.74. The molecule has 2 heterocycles. The Kier molecular flexibility index (Phi) is 5.16. The van der Waals surface area contributed by atoms with Gasteiger partial charge in [-0.25, -0.2) is 0 Å². The second kappa shape index (κ2) is 7.62. The number of anilines is 1. The van der Waals surface area contributed by atoms with E-state index in [1.807, 2.05) is 12.1 Å². The molecule has 152 valence electrons. The molecule has 4 rings (SSSR count). The Labute approximate surface area is 172 Å². The van der Waals surface area contributed by atoms with Crippen molar-refractivity contribution in [2.45, 2.75) is 52.5 Å². The summed E-state index contributed by atoms with van der Waals surface area (Å²) in [6.07, 6.45) is 7.45. The summed E-state index contributed by atoms with van der Waals surface area (Å²) >= 11 is 0. The lowest BCUT2D eigenvalue weighted by Crippen LogP contribution is -2.51. The summed E-state index contributed by atoms with van der Waals surface area (Å²) in [4.78, 5) is 23.9. The minimum atomic E-state index is -0.0206. The number of rotatable bonds is 4. The van der Waals surface area contributed by atoms with E-state index in [1.165, 1.54) is 12.8 Å². The summed E-state index contributed by atoms with van der Waals surface area (Å²) in [5.74, 6) is 1.46. The van der Waals surface area contributed by atoms with Crippen molar-refractivity contribution in [2.75, 3.05) is 18.0 Å². The molecule has 1 N–H and O–H groups in total. The van der Waals surface area contributed by atoms with Gasteiger partial charge in [-0.2, -0.15) is 5.26 Å². The van der Waals surface area contributed by atoms with E-state index in [0.29, 0.717) is 23.4 Å². The first-order chi connectivity index (χ1) is 13.8. The lowest BCUT2D eigenvalue weighted by molar-refractivity contribution is -0.123. The number of nitriles is 1. The van der Waals surface area contributed by atoms with Crippen LogP contribution in [0, 0.1) is 28.6 Å². The number of amides is 1. The summed E-state index contributed by atoms with van der Waals surface area (Å²) in [7, 11) is 0. The van der Waals surface area contributed by atoms with Gasteiger partial charge in [-0.1, -0.05) is 20.8 Å². The standard InChI is InChI=1S/C23H29N5O/c1-23(2,3)11-20(29)27-18-10-17(15-4-5-15)13-28(14-18)19-7-6-16(12-24)21-22(19)26-9-8-25-21/h6-9,15,17-18H,4-5,10-11,13-14H2,1-3H3,(H,27,29)/t17-,18+/m1/s1. The molecule has 2 aromatic rings. The second-order valence-corrected chi connectivity index (χ2v) is 9.74. The Balaban J connectivity index is 1.61. The van der Waals surface area contributed by atoms with Gasteiger partial charge >= 0.3 is 0 Å². The number of nitrogens with one attached hydrogen (secondary N) is 1. The molecule has 6 heteroatoms. The van der Waals surface area contributed by atoms with Crippen LogP contribution in [0.1, 0.15) is 52.0 Å². The first-order valence-electron chi connectivity index (χ1n) is 10.5. The van der Waals surface area contributed by atoms with E-state index in [4.69, 9.17) is 0 Å². The molecule has 0 radical (unpaired) electrons. The van der Waals surface area contributed by atoms with E-state index in [2.05, 4.69) is 47.0 Å². The van der Waals surface area contributed by atoms with Crippen LogP contribution in [0.4, 0.5) is 5.69 Å². The molecular formula is C23H29N5O. The molecule has 2 fully saturated rings. The third-order valence-corrected chi connectivity index (χ3v) is 5.89. The molecule has 1 saturated heterocycles. The van der Waals surface area contributed by atoms with Gasteiger partial charge in [0, 0.05) is 37.9 Å². The van der Waals surface area contributed by atoms with Gasteiger partial charge in [-0.15, -0.1) is 0 Å². The van der Waals surface area contributed by atoms with Crippen LogP contribution in [0.15, 0.2) is 24.5 Å². The van der Waals surface area contributed by atoms with Crippen LogP contribution in [-0.4, -0.2) is 35.0 Å². The third kappa shape index (κ3) is 4.50. The van der Waals surface area contributed by atoms with Gasteiger partial charge in [-0.3, -0.25) is 14.8 Å². The number of carbonyl (C=O) groups excluding carboxylic acids is 1. The quantitative estimate of drug-likeness (QED) is 0.860. The number of hydrogen-bond donors (Lipinski definition) is 1. The van der Waals surface area contributed by atoms with Crippen LogP contribution in [-0.2, 0) is 4.79 Å². The summed E-state index contributed by atoms with van der Waals surface area (Å²) in [5, 5.41) is 12.7. The molecule has 6 nitrogen and oxygen atoms in total. The molecule has 1 aliphatic heterocycles. The van der Waals surface area contributed by atoms with Gasteiger partial charge in [0.05, 0.1) is 11.3 Å². The van der Waals surface area contributed by atoms with Crippen molar-refractivity contribution in [1.29, 1.82) is 5.26 Å². The van der Waals surface area contributed by atoms with Crippen molar-refractivity contribution in [3.05, 3.63) is 30.1 Å². The molecule has 1 saturated carbocycles. The monoisotopic (exact) mass is 391 g/mol.